The molecule has 4 atom stereocenters. The predicted molar refractivity (Wildman–Crippen MR) is 142 cm³/mol. The molecule has 2 spiro atoms. The highest BCUT2D eigenvalue weighted by molar-refractivity contribution is 5.99. The maximum absolute atomic E-state index is 5.87. The van der Waals surface area contributed by atoms with Gasteiger partial charge in [0.05, 0.1) is 28.4 Å². The van der Waals surface area contributed by atoms with Crippen molar-refractivity contribution in [3.05, 3.63) is 34.4 Å². The van der Waals surface area contributed by atoms with Crippen LogP contribution in [-0.4, -0.2) is 75.2 Å². The molecule has 0 amide bonds. The van der Waals surface area contributed by atoms with Crippen LogP contribution in [0.5, 0.6) is 0 Å². The van der Waals surface area contributed by atoms with Gasteiger partial charge in [-0.1, -0.05) is 39.8 Å². The van der Waals surface area contributed by atoms with Crippen LogP contribution >= 0.6 is 0 Å². The van der Waals surface area contributed by atoms with Crippen LogP contribution in [0.4, 0.5) is 0 Å². The van der Waals surface area contributed by atoms with E-state index >= 15 is 0 Å². The van der Waals surface area contributed by atoms with Gasteiger partial charge in [-0.25, -0.2) is 20.0 Å². The first-order valence-electron chi connectivity index (χ1n) is 12.9. The first-order valence-corrected chi connectivity index (χ1v) is 12.9. The molecule has 0 saturated carbocycles. The Hall–Kier alpha value is -2.90. The Morgan fingerprint density at radius 2 is 1.03 bits per heavy atom. The maximum Gasteiger partial charge on any atom is 0.213 e. The van der Waals surface area contributed by atoms with Crippen molar-refractivity contribution in [2.24, 2.45) is 31.8 Å². The number of nitrogens with zero attached hydrogens (tertiary/aromatic N) is 4. The van der Waals surface area contributed by atoms with Crippen LogP contribution in [0.25, 0.3) is 0 Å². The Morgan fingerprint density at radius 3 is 1.33 bits per heavy atom. The minimum absolute atomic E-state index is 0.133. The third-order valence-electron chi connectivity index (χ3n) is 8.06. The summed E-state index contributed by atoms with van der Waals surface area (Å²) in [5.74, 6) is 3.27. The predicted octanol–water partition coefficient (Wildman–Crippen LogP) is 3.62. The van der Waals surface area contributed by atoms with Gasteiger partial charge in [-0.3, -0.25) is 0 Å². The van der Waals surface area contributed by atoms with Crippen molar-refractivity contribution in [3.63, 3.8) is 0 Å². The van der Waals surface area contributed by atoms with Crippen molar-refractivity contribution in [3.8, 4) is 0 Å². The second-order valence-corrected chi connectivity index (χ2v) is 11.1. The van der Waals surface area contributed by atoms with Crippen LogP contribution in [0.2, 0.25) is 0 Å². The lowest BCUT2D eigenvalue weighted by atomic mass is 9.90. The first-order chi connectivity index (χ1) is 17.2. The van der Waals surface area contributed by atoms with Gasteiger partial charge in [0.25, 0.3) is 0 Å². The molecule has 0 bridgehead atoms. The second kappa shape index (κ2) is 8.89. The number of hydrogen-bond donors (Lipinski definition) is 0. The van der Waals surface area contributed by atoms with Crippen molar-refractivity contribution in [2.75, 3.05) is 28.4 Å². The highest BCUT2D eigenvalue weighted by atomic mass is 16.5. The summed E-state index contributed by atoms with van der Waals surface area (Å²) < 4.78 is 23.2. The topological polar surface area (TPSA) is 86.4 Å². The molecular weight excluding hydrogens is 456 g/mol. The van der Waals surface area contributed by atoms with Crippen LogP contribution in [0, 0.1) is 11.8 Å². The zero-order valence-electron chi connectivity index (χ0n) is 22.7. The Morgan fingerprint density at radius 1 is 0.639 bits per heavy atom. The monoisotopic (exact) mass is 494 g/mol. The second-order valence-electron chi connectivity index (χ2n) is 11.1. The van der Waals surface area contributed by atoms with E-state index in [0.29, 0.717) is 23.6 Å². The number of fused-ring (bicyclic) bond motifs is 3. The third-order valence-corrected chi connectivity index (χ3v) is 8.06. The van der Waals surface area contributed by atoms with E-state index in [1.165, 1.54) is 22.3 Å². The molecular formula is C28H38N4O4. The lowest BCUT2D eigenvalue weighted by Gasteiger charge is -2.34. The fourth-order valence-corrected chi connectivity index (χ4v) is 6.30. The standard InChI is InChI=1S/C28H38N4O4/c1-15(2)21-23(33-5)31-27(25(29-21)35-7)11-17-9-10-18-12-28(14-20(18)19(17)13-27)26(36-8)30-22(16(3)4)24(32-28)34-6/h9-10,15-16,21-22H,11-14H2,1-8H3/t21-,22-,27-,28-/m1/s1. The van der Waals surface area contributed by atoms with E-state index in [1.807, 2.05) is 0 Å². The van der Waals surface area contributed by atoms with Crippen LogP contribution < -0.4 is 0 Å². The summed E-state index contributed by atoms with van der Waals surface area (Å²) in [6, 6.07) is 4.20. The van der Waals surface area contributed by atoms with Crippen LogP contribution in [0.15, 0.2) is 32.1 Å². The van der Waals surface area contributed by atoms with Crippen LogP contribution in [0.1, 0.15) is 49.9 Å². The summed E-state index contributed by atoms with van der Waals surface area (Å²) in [5.41, 5.74) is 4.03. The van der Waals surface area contributed by atoms with Gasteiger partial charge in [-0.2, -0.15) is 0 Å². The molecule has 4 aliphatic rings. The van der Waals surface area contributed by atoms with Gasteiger partial charge in [-0.05, 0) is 34.1 Å². The van der Waals surface area contributed by atoms with Gasteiger partial charge in [0.15, 0.2) is 0 Å². The van der Waals surface area contributed by atoms with E-state index in [9.17, 15) is 0 Å². The number of hydrogen-bond acceptors (Lipinski definition) is 8. The van der Waals surface area contributed by atoms with Gasteiger partial charge in [0, 0.05) is 25.7 Å². The molecule has 1 aromatic rings. The summed E-state index contributed by atoms with van der Waals surface area (Å²) in [7, 11) is 6.76. The summed E-state index contributed by atoms with van der Waals surface area (Å²) in [4.78, 5) is 20.3. The molecule has 2 aliphatic heterocycles. The van der Waals surface area contributed by atoms with Gasteiger partial charge in [0.2, 0.25) is 23.6 Å². The molecule has 2 aliphatic carbocycles. The first kappa shape index (κ1) is 24.8. The van der Waals surface area contributed by atoms with Crippen molar-refractivity contribution >= 4 is 23.6 Å². The van der Waals surface area contributed by atoms with Crippen LogP contribution in [0.3, 0.4) is 0 Å². The molecule has 0 aromatic heterocycles. The molecule has 8 nitrogen and oxygen atoms in total. The number of aliphatic imine (C=N–C) groups is 4. The van der Waals surface area contributed by atoms with E-state index in [0.717, 1.165) is 25.7 Å². The molecule has 2 heterocycles. The van der Waals surface area contributed by atoms with Gasteiger partial charge in [0.1, 0.15) is 23.2 Å². The number of ether oxygens (including phenoxy) is 4. The minimum atomic E-state index is -0.576. The Bertz CT molecular complexity index is 1090. The molecule has 194 valence electrons. The van der Waals surface area contributed by atoms with E-state index < -0.39 is 11.1 Å². The molecule has 0 fully saturated rings. The zero-order chi connectivity index (χ0) is 25.8. The van der Waals surface area contributed by atoms with E-state index in [-0.39, 0.29) is 23.9 Å². The normalized spacial score (nSPS) is 30.6. The molecule has 0 N–H and O–H groups in total. The molecule has 5 rings (SSSR count). The summed E-state index contributed by atoms with van der Waals surface area (Å²) in [6.07, 6.45) is 2.92. The summed E-state index contributed by atoms with van der Waals surface area (Å²) in [5, 5.41) is 0. The van der Waals surface area contributed by atoms with E-state index in [2.05, 4.69) is 39.8 Å². The molecule has 0 saturated heterocycles. The molecule has 0 radical (unpaired) electrons. The number of benzene rings is 1. The molecule has 1 aromatic carbocycles. The van der Waals surface area contributed by atoms with Crippen molar-refractivity contribution < 1.29 is 18.9 Å². The minimum Gasteiger partial charge on any atom is -0.483 e. The van der Waals surface area contributed by atoms with Crippen molar-refractivity contribution in [1.29, 1.82) is 0 Å². The lowest BCUT2D eigenvalue weighted by Crippen LogP contribution is -2.47. The zero-order valence-corrected chi connectivity index (χ0v) is 22.7. The van der Waals surface area contributed by atoms with Gasteiger partial charge in [-0.15, -0.1) is 0 Å². The van der Waals surface area contributed by atoms with Crippen molar-refractivity contribution in [1.82, 2.24) is 0 Å². The Balaban J connectivity index is 1.54. The van der Waals surface area contributed by atoms with Gasteiger partial charge >= 0.3 is 0 Å². The average Bonchev–Trinajstić information content (AvgIpc) is 3.41. The Labute approximate surface area is 213 Å². The Kier molecular flexibility index (Phi) is 6.12. The quantitative estimate of drug-likeness (QED) is 0.629. The van der Waals surface area contributed by atoms with Crippen molar-refractivity contribution in [2.45, 2.75) is 76.5 Å². The molecule has 8 heteroatoms. The third kappa shape index (κ3) is 3.63. The largest absolute Gasteiger partial charge is 0.483 e. The number of methoxy groups -OCH3 is 4. The van der Waals surface area contributed by atoms with Gasteiger partial charge < -0.3 is 18.9 Å². The van der Waals surface area contributed by atoms with Crippen LogP contribution in [-0.2, 0) is 44.6 Å². The highest BCUT2D eigenvalue weighted by Crippen LogP contribution is 2.46. The fourth-order valence-electron chi connectivity index (χ4n) is 6.30. The maximum atomic E-state index is 5.87. The number of rotatable bonds is 2. The van der Waals surface area contributed by atoms with E-state index in [1.54, 1.807) is 28.4 Å². The summed E-state index contributed by atoms with van der Waals surface area (Å²) >= 11 is 0. The fraction of sp³-hybridized carbons (Fsp3) is 0.643. The summed E-state index contributed by atoms with van der Waals surface area (Å²) in [6.45, 7) is 8.51. The smallest absolute Gasteiger partial charge is 0.213 e. The molecule has 0 unspecified atom stereocenters. The van der Waals surface area contributed by atoms with E-state index in [4.69, 9.17) is 38.9 Å². The SMILES string of the molecule is COC1=N[C@@]2(Cc3ccc4c(c3C2)C[C@@]2(C4)N=C(OC)[C@@H](C(C)C)N=C2OC)C(OC)=N[C@@H]1C(C)C. The lowest BCUT2D eigenvalue weighted by molar-refractivity contribution is 0.305. The average molecular weight is 495 g/mol. The molecule has 36 heavy (non-hydrogen) atoms. The highest BCUT2D eigenvalue weighted by Gasteiger charge is 2.52.